The largest absolute Gasteiger partial charge is 0.359 e. The zero-order valence-corrected chi connectivity index (χ0v) is 11.4. The zero-order valence-electron chi connectivity index (χ0n) is 9.78. The van der Waals surface area contributed by atoms with Gasteiger partial charge in [-0.1, -0.05) is 0 Å². The Morgan fingerprint density at radius 2 is 2.37 bits per heavy atom. The number of nitrogens with one attached hydrogen (secondary N) is 2. The number of tetrazole rings is 1. The number of allylic oxidation sites excluding steroid dienone is 1. The van der Waals surface area contributed by atoms with Gasteiger partial charge in [0.05, 0.1) is 5.69 Å². The molecule has 0 atom stereocenters. The number of nitriles is 1. The molecular formula is C11H8BrFN6. The average Bonchev–Trinajstić information content (AvgIpc) is 2.90. The molecule has 2 N–H and O–H groups in total. The van der Waals surface area contributed by atoms with Crippen molar-refractivity contribution in [3.05, 3.63) is 40.0 Å². The van der Waals surface area contributed by atoms with E-state index in [9.17, 15) is 4.39 Å². The van der Waals surface area contributed by atoms with Gasteiger partial charge in [0.1, 0.15) is 17.5 Å². The van der Waals surface area contributed by atoms with Crippen LogP contribution in [0.5, 0.6) is 0 Å². The van der Waals surface area contributed by atoms with Crippen molar-refractivity contribution in [2.75, 3.05) is 5.32 Å². The van der Waals surface area contributed by atoms with E-state index in [1.165, 1.54) is 12.3 Å². The van der Waals surface area contributed by atoms with Gasteiger partial charge < -0.3 is 5.32 Å². The lowest BCUT2D eigenvalue weighted by atomic mass is 10.2. The Labute approximate surface area is 116 Å². The first-order valence-electron chi connectivity index (χ1n) is 5.18. The van der Waals surface area contributed by atoms with Crippen molar-refractivity contribution in [1.29, 1.82) is 5.26 Å². The lowest BCUT2D eigenvalue weighted by Crippen LogP contribution is -1.95. The molecule has 2 rings (SSSR count). The molecule has 1 aromatic carbocycles. The van der Waals surface area contributed by atoms with E-state index in [0.717, 1.165) is 0 Å². The summed E-state index contributed by atoms with van der Waals surface area (Å²) in [5.41, 5.74) is 1.21. The Morgan fingerprint density at radius 1 is 1.58 bits per heavy atom. The molecule has 0 unspecified atom stereocenters. The smallest absolute Gasteiger partial charge is 0.216 e. The third-order valence-electron chi connectivity index (χ3n) is 2.33. The first kappa shape index (κ1) is 13.2. The number of hydrogen-bond donors (Lipinski definition) is 2. The quantitative estimate of drug-likeness (QED) is 0.847. The van der Waals surface area contributed by atoms with Crippen molar-refractivity contribution in [3.63, 3.8) is 0 Å². The molecule has 0 radical (unpaired) electrons. The van der Waals surface area contributed by atoms with Gasteiger partial charge in [-0.3, -0.25) is 0 Å². The Morgan fingerprint density at radius 3 is 3.00 bits per heavy atom. The minimum atomic E-state index is -0.336. The van der Waals surface area contributed by atoms with Crippen molar-refractivity contribution in [1.82, 2.24) is 20.6 Å². The number of rotatable bonds is 3. The van der Waals surface area contributed by atoms with Crippen LogP contribution in [0, 0.1) is 24.1 Å². The van der Waals surface area contributed by atoms with E-state index in [1.807, 2.05) is 6.07 Å². The molecule has 0 aliphatic rings. The predicted molar refractivity (Wildman–Crippen MR) is 70.2 cm³/mol. The summed E-state index contributed by atoms with van der Waals surface area (Å²) in [4.78, 5) is 0. The van der Waals surface area contributed by atoms with Crippen molar-refractivity contribution >= 4 is 27.2 Å². The summed E-state index contributed by atoms with van der Waals surface area (Å²) in [6.45, 7) is 1.67. The van der Waals surface area contributed by atoms with Gasteiger partial charge in [-0.15, -0.1) is 10.2 Å². The lowest BCUT2D eigenvalue weighted by Gasteiger charge is -2.06. The molecule has 8 heteroatoms. The maximum Gasteiger partial charge on any atom is 0.216 e. The molecule has 0 aliphatic heterocycles. The Hall–Kier alpha value is -2.27. The first-order valence-corrected chi connectivity index (χ1v) is 5.97. The fourth-order valence-corrected chi connectivity index (χ4v) is 1.90. The molecule has 0 saturated heterocycles. The average molecular weight is 323 g/mol. The molecule has 0 aliphatic carbocycles. The second kappa shape index (κ2) is 5.58. The number of aromatic nitrogens is 4. The Kier molecular flexibility index (Phi) is 3.87. The highest BCUT2D eigenvalue weighted by atomic mass is 79.9. The van der Waals surface area contributed by atoms with Crippen LogP contribution in [0.3, 0.4) is 0 Å². The molecule has 1 aromatic heterocycles. The maximum atomic E-state index is 13.5. The van der Waals surface area contributed by atoms with E-state index in [0.29, 0.717) is 15.7 Å². The van der Waals surface area contributed by atoms with Gasteiger partial charge in [-0.05, 0) is 45.8 Å². The number of halogens is 2. The molecule has 1 heterocycles. The molecular weight excluding hydrogens is 315 g/mol. The molecule has 6 nitrogen and oxygen atoms in total. The number of aryl methyl sites for hydroxylation is 1. The standard InChI is InChI=1S/C11H8BrFN6/c1-6-2-8(12)10(3-9(6)13)15-5-7(4-14)11-16-18-19-17-11/h2-3,5,15H,1H3,(H,16,17,18,19). The summed E-state index contributed by atoms with van der Waals surface area (Å²) in [6.07, 6.45) is 1.39. The third kappa shape index (κ3) is 2.95. The van der Waals surface area contributed by atoms with E-state index in [1.54, 1.807) is 13.0 Å². The number of hydrogen-bond acceptors (Lipinski definition) is 5. The van der Waals surface area contributed by atoms with Crippen molar-refractivity contribution in [3.8, 4) is 6.07 Å². The van der Waals surface area contributed by atoms with Crippen molar-refractivity contribution in [2.45, 2.75) is 6.92 Å². The van der Waals surface area contributed by atoms with Crippen LogP contribution in [0.25, 0.3) is 5.57 Å². The van der Waals surface area contributed by atoms with E-state index < -0.39 is 0 Å². The van der Waals surface area contributed by atoms with Gasteiger partial charge in [0.15, 0.2) is 0 Å². The first-order chi connectivity index (χ1) is 9.11. The van der Waals surface area contributed by atoms with Crippen LogP contribution in [-0.4, -0.2) is 20.6 Å². The van der Waals surface area contributed by atoms with Crippen molar-refractivity contribution in [2.24, 2.45) is 0 Å². The number of aromatic amines is 1. The lowest BCUT2D eigenvalue weighted by molar-refractivity contribution is 0.619. The number of benzene rings is 1. The maximum absolute atomic E-state index is 13.5. The Balaban J connectivity index is 2.27. The van der Waals surface area contributed by atoms with Crippen LogP contribution in [0.1, 0.15) is 11.4 Å². The third-order valence-corrected chi connectivity index (χ3v) is 2.98. The SMILES string of the molecule is Cc1cc(Br)c(NC=C(C#N)c2nn[nH]n2)cc1F. The molecule has 0 saturated carbocycles. The normalized spacial score (nSPS) is 11.2. The summed E-state index contributed by atoms with van der Waals surface area (Å²) in [5, 5.41) is 24.8. The molecule has 0 bridgehead atoms. The van der Waals surface area contributed by atoms with Gasteiger partial charge >= 0.3 is 0 Å². The van der Waals surface area contributed by atoms with Gasteiger partial charge in [-0.2, -0.15) is 10.5 Å². The minimum Gasteiger partial charge on any atom is -0.359 e. The molecule has 96 valence electrons. The van der Waals surface area contributed by atoms with Gasteiger partial charge in [0.25, 0.3) is 0 Å². The van der Waals surface area contributed by atoms with Crippen LogP contribution in [0.15, 0.2) is 22.8 Å². The summed E-state index contributed by atoms with van der Waals surface area (Å²) >= 11 is 3.31. The zero-order chi connectivity index (χ0) is 13.8. The van der Waals surface area contributed by atoms with Crippen LogP contribution in [-0.2, 0) is 0 Å². The second-order valence-electron chi connectivity index (χ2n) is 3.63. The van der Waals surface area contributed by atoms with Gasteiger partial charge in [-0.25, -0.2) is 4.39 Å². The fourth-order valence-electron chi connectivity index (χ4n) is 1.33. The van der Waals surface area contributed by atoms with E-state index in [-0.39, 0.29) is 17.2 Å². The summed E-state index contributed by atoms with van der Waals surface area (Å²) in [5.74, 6) is -0.170. The van der Waals surface area contributed by atoms with Crippen molar-refractivity contribution < 1.29 is 4.39 Å². The number of anilines is 1. The van der Waals surface area contributed by atoms with E-state index in [2.05, 4.69) is 41.9 Å². The highest BCUT2D eigenvalue weighted by molar-refractivity contribution is 9.10. The monoisotopic (exact) mass is 322 g/mol. The van der Waals surface area contributed by atoms with E-state index in [4.69, 9.17) is 5.26 Å². The topological polar surface area (TPSA) is 90.3 Å². The van der Waals surface area contributed by atoms with Crippen LogP contribution in [0.2, 0.25) is 0 Å². The van der Waals surface area contributed by atoms with E-state index >= 15 is 0 Å². The van der Waals surface area contributed by atoms with Crippen LogP contribution < -0.4 is 5.32 Å². The van der Waals surface area contributed by atoms with Crippen LogP contribution in [0.4, 0.5) is 10.1 Å². The molecule has 0 amide bonds. The van der Waals surface area contributed by atoms with Gasteiger partial charge in [0.2, 0.25) is 5.82 Å². The molecule has 0 spiro atoms. The summed E-state index contributed by atoms with van der Waals surface area (Å²) < 4.78 is 14.1. The summed E-state index contributed by atoms with van der Waals surface area (Å²) in [6, 6.07) is 4.90. The highest BCUT2D eigenvalue weighted by Gasteiger charge is 2.07. The van der Waals surface area contributed by atoms with Crippen LogP contribution >= 0.6 is 15.9 Å². The second-order valence-corrected chi connectivity index (χ2v) is 4.49. The molecule has 0 fully saturated rings. The highest BCUT2D eigenvalue weighted by Crippen LogP contribution is 2.26. The number of H-pyrrole nitrogens is 1. The predicted octanol–water partition coefficient (Wildman–Crippen LogP) is 2.39. The fraction of sp³-hybridized carbons (Fsp3) is 0.0909. The Bertz CT molecular complexity index is 659. The molecule has 2 aromatic rings. The minimum absolute atomic E-state index is 0.165. The summed E-state index contributed by atoms with van der Waals surface area (Å²) in [7, 11) is 0. The van der Waals surface area contributed by atoms with Gasteiger partial charge in [0, 0.05) is 10.7 Å². The molecule has 19 heavy (non-hydrogen) atoms. The number of nitrogens with zero attached hydrogens (tertiary/aromatic N) is 4.